The summed E-state index contributed by atoms with van der Waals surface area (Å²) in [6, 6.07) is 11.1. The smallest absolute Gasteiger partial charge is 0.336 e. The van der Waals surface area contributed by atoms with Crippen molar-refractivity contribution in [3.63, 3.8) is 0 Å². The number of carbonyl (C=O) groups excluding carboxylic acids is 1. The molecule has 0 unspecified atom stereocenters. The predicted octanol–water partition coefficient (Wildman–Crippen LogP) is 3.78. The zero-order valence-corrected chi connectivity index (χ0v) is 12.9. The molecule has 0 aliphatic rings. The van der Waals surface area contributed by atoms with Crippen molar-refractivity contribution in [1.82, 2.24) is 0 Å². The number of halogens is 1. The quantitative estimate of drug-likeness (QED) is 0.835. The SMILES string of the molecule is CCOc1ccc(C(=O)c2ccccc2C(=O)O)cc1Br. The van der Waals surface area contributed by atoms with Crippen molar-refractivity contribution < 1.29 is 19.4 Å². The van der Waals surface area contributed by atoms with E-state index in [2.05, 4.69) is 15.9 Å². The van der Waals surface area contributed by atoms with Crippen LogP contribution in [0.3, 0.4) is 0 Å². The van der Waals surface area contributed by atoms with Crippen LogP contribution in [0, 0.1) is 0 Å². The summed E-state index contributed by atoms with van der Waals surface area (Å²) in [4.78, 5) is 23.7. The lowest BCUT2D eigenvalue weighted by Crippen LogP contribution is -2.09. The molecule has 0 heterocycles. The number of carboxylic acids is 1. The van der Waals surface area contributed by atoms with Gasteiger partial charge in [-0.25, -0.2) is 4.79 Å². The Balaban J connectivity index is 2.41. The van der Waals surface area contributed by atoms with E-state index in [1.807, 2.05) is 6.92 Å². The van der Waals surface area contributed by atoms with Gasteiger partial charge >= 0.3 is 5.97 Å². The normalized spacial score (nSPS) is 10.2. The summed E-state index contributed by atoms with van der Waals surface area (Å²) < 4.78 is 6.04. The maximum absolute atomic E-state index is 12.5. The number of rotatable bonds is 5. The van der Waals surface area contributed by atoms with Crippen LogP contribution in [0.15, 0.2) is 46.9 Å². The molecule has 108 valence electrons. The molecule has 0 aliphatic heterocycles. The fraction of sp³-hybridized carbons (Fsp3) is 0.125. The molecule has 2 rings (SSSR count). The van der Waals surface area contributed by atoms with Gasteiger partial charge in [0.25, 0.3) is 0 Å². The molecule has 0 fully saturated rings. The van der Waals surface area contributed by atoms with E-state index in [1.54, 1.807) is 30.3 Å². The largest absolute Gasteiger partial charge is 0.493 e. The molecule has 1 N–H and O–H groups in total. The van der Waals surface area contributed by atoms with Crippen LogP contribution in [-0.2, 0) is 0 Å². The number of benzene rings is 2. The predicted molar refractivity (Wildman–Crippen MR) is 82.1 cm³/mol. The highest BCUT2D eigenvalue weighted by Crippen LogP contribution is 2.27. The number of hydrogen-bond donors (Lipinski definition) is 1. The Morgan fingerprint density at radius 3 is 2.38 bits per heavy atom. The Kier molecular flexibility index (Phi) is 4.75. The summed E-state index contributed by atoms with van der Waals surface area (Å²) in [5.41, 5.74) is 0.563. The topological polar surface area (TPSA) is 63.6 Å². The molecule has 0 radical (unpaired) electrons. The van der Waals surface area contributed by atoms with Gasteiger partial charge in [0.05, 0.1) is 16.6 Å². The number of carbonyl (C=O) groups is 2. The van der Waals surface area contributed by atoms with Crippen molar-refractivity contribution in [3.8, 4) is 5.75 Å². The van der Waals surface area contributed by atoms with Crippen molar-refractivity contribution in [3.05, 3.63) is 63.6 Å². The third-order valence-corrected chi connectivity index (χ3v) is 3.52. The summed E-state index contributed by atoms with van der Waals surface area (Å²) in [5.74, 6) is -0.818. The fourth-order valence-electron chi connectivity index (χ4n) is 1.94. The first-order valence-electron chi connectivity index (χ1n) is 6.34. The van der Waals surface area contributed by atoms with E-state index in [1.165, 1.54) is 12.1 Å². The second kappa shape index (κ2) is 6.54. The summed E-state index contributed by atoms with van der Waals surface area (Å²) in [6.45, 7) is 2.39. The molecule has 0 aromatic heterocycles. The van der Waals surface area contributed by atoms with E-state index in [-0.39, 0.29) is 16.9 Å². The molecule has 0 spiro atoms. The Bertz CT molecular complexity index is 694. The van der Waals surface area contributed by atoms with Crippen molar-refractivity contribution >= 4 is 27.7 Å². The Morgan fingerprint density at radius 1 is 1.14 bits per heavy atom. The molecule has 0 atom stereocenters. The molecule has 21 heavy (non-hydrogen) atoms. The molecule has 2 aromatic carbocycles. The zero-order valence-electron chi connectivity index (χ0n) is 11.3. The average Bonchev–Trinajstić information content (AvgIpc) is 2.48. The standard InChI is InChI=1S/C16H13BrO4/c1-2-21-14-8-7-10(9-13(14)17)15(18)11-5-3-4-6-12(11)16(19)20/h3-9H,2H2,1H3,(H,19,20). The minimum Gasteiger partial charge on any atom is -0.493 e. The Morgan fingerprint density at radius 2 is 1.81 bits per heavy atom. The van der Waals surface area contributed by atoms with Crippen LogP contribution in [-0.4, -0.2) is 23.5 Å². The maximum Gasteiger partial charge on any atom is 0.336 e. The van der Waals surface area contributed by atoms with Gasteiger partial charge < -0.3 is 9.84 Å². The molecular formula is C16H13BrO4. The Hall–Kier alpha value is -2.14. The van der Waals surface area contributed by atoms with Crippen molar-refractivity contribution in [1.29, 1.82) is 0 Å². The zero-order chi connectivity index (χ0) is 15.4. The number of ether oxygens (including phenoxy) is 1. The Labute approximate surface area is 130 Å². The van der Waals surface area contributed by atoms with Gasteiger partial charge in [0.1, 0.15) is 5.75 Å². The monoisotopic (exact) mass is 348 g/mol. The third kappa shape index (κ3) is 3.31. The van der Waals surface area contributed by atoms with Gasteiger partial charge in [0.15, 0.2) is 5.78 Å². The third-order valence-electron chi connectivity index (χ3n) is 2.90. The summed E-state index contributed by atoms with van der Waals surface area (Å²) in [5, 5.41) is 9.15. The van der Waals surface area contributed by atoms with Gasteiger partial charge in [-0.05, 0) is 47.1 Å². The molecule has 0 amide bonds. The maximum atomic E-state index is 12.5. The lowest BCUT2D eigenvalue weighted by atomic mass is 9.98. The van der Waals surface area contributed by atoms with E-state index in [9.17, 15) is 9.59 Å². The average molecular weight is 349 g/mol. The lowest BCUT2D eigenvalue weighted by molar-refractivity contribution is 0.0693. The summed E-state index contributed by atoms with van der Waals surface area (Å²) in [7, 11) is 0. The van der Waals surface area contributed by atoms with Crippen molar-refractivity contribution in [2.75, 3.05) is 6.61 Å². The van der Waals surface area contributed by atoms with E-state index in [4.69, 9.17) is 9.84 Å². The lowest BCUT2D eigenvalue weighted by Gasteiger charge is -2.09. The number of aromatic carboxylic acids is 1. The van der Waals surface area contributed by atoms with Crippen LogP contribution in [0.1, 0.15) is 33.2 Å². The van der Waals surface area contributed by atoms with Crippen LogP contribution in [0.25, 0.3) is 0 Å². The van der Waals surface area contributed by atoms with Gasteiger partial charge in [-0.3, -0.25) is 4.79 Å². The fourth-order valence-corrected chi connectivity index (χ4v) is 2.43. The highest BCUT2D eigenvalue weighted by Gasteiger charge is 2.18. The van der Waals surface area contributed by atoms with Gasteiger partial charge in [0.2, 0.25) is 0 Å². The van der Waals surface area contributed by atoms with E-state index in [0.717, 1.165) is 0 Å². The van der Waals surface area contributed by atoms with Crippen LogP contribution in [0.2, 0.25) is 0 Å². The van der Waals surface area contributed by atoms with Gasteiger partial charge in [-0.1, -0.05) is 18.2 Å². The summed E-state index contributed by atoms with van der Waals surface area (Å²) >= 11 is 3.34. The van der Waals surface area contributed by atoms with E-state index >= 15 is 0 Å². The van der Waals surface area contributed by atoms with Crippen molar-refractivity contribution in [2.24, 2.45) is 0 Å². The molecule has 4 nitrogen and oxygen atoms in total. The van der Waals surface area contributed by atoms with E-state index < -0.39 is 5.97 Å². The number of carboxylic acid groups (broad SMARTS) is 1. The van der Waals surface area contributed by atoms with Crippen LogP contribution in [0.4, 0.5) is 0 Å². The molecule has 5 heteroatoms. The first kappa shape index (κ1) is 15.3. The van der Waals surface area contributed by atoms with Crippen LogP contribution >= 0.6 is 15.9 Å². The molecule has 0 saturated carbocycles. The highest BCUT2D eigenvalue weighted by molar-refractivity contribution is 9.10. The minimum atomic E-state index is -1.12. The second-order valence-corrected chi connectivity index (χ2v) is 5.11. The molecule has 2 aromatic rings. The van der Waals surface area contributed by atoms with Gasteiger partial charge in [-0.15, -0.1) is 0 Å². The van der Waals surface area contributed by atoms with E-state index in [0.29, 0.717) is 22.4 Å². The number of hydrogen-bond acceptors (Lipinski definition) is 3. The second-order valence-electron chi connectivity index (χ2n) is 4.26. The molecular weight excluding hydrogens is 336 g/mol. The first-order valence-corrected chi connectivity index (χ1v) is 7.13. The van der Waals surface area contributed by atoms with Gasteiger partial charge in [0, 0.05) is 11.1 Å². The minimum absolute atomic E-state index is 0.00694. The molecule has 0 bridgehead atoms. The van der Waals surface area contributed by atoms with Crippen LogP contribution < -0.4 is 4.74 Å². The van der Waals surface area contributed by atoms with Crippen LogP contribution in [0.5, 0.6) is 5.75 Å². The summed E-state index contributed by atoms with van der Waals surface area (Å²) in [6.07, 6.45) is 0. The number of ketones is 1. The van der Waals surface area contributed by atoms with Gasteiger partial charge in [-0.2, -0.15) is 0 Å². The highest BCUT2D eigenvalue weighted by atomic mass is 79.9. The molecule has 0 aliphatic carbocycles. The molecule has 0 saturated heterocycles. The van der Waals surface area contributed by atoms with Crippen molar-refractivity contribution in [2.45, 2.75) is 6.92 Å². The first-order chi connectivity index (χ1) is 10.0.